The number of amides is 1. The largest absolute Gasteiger partial charge is 0.486 e. The zero-order valence-electron chi connectivity index (χ0n) is 16.5. The second kappa shape index (κ2) is 8.61. The van der Waals surface area contributed by atoms with Gasteiger partial charge in [-0.05, 0) is 36.2 Å². The summed E-state index contributed by atoms with van der Waals surface area (Å²) < 4.78 is 7.37. The number of para-hydroxylation sites is 1. The van der Waals surface area contributed by atoms with Crippen molar-refractivity contribution < 1.29 is 9.53 Å². The first kappa shape index (κ1) is 19.4. The summed E-state index contributed by atoms with van der Waals surface area (Å²) in [6.45, 7) is 2.41. The number of aromatic nitrogens is 2. The summed E-state index contributed by atoms with van der Waals surface area (Å²) in [5, 5.41) is 2.91. The lowest BCUT2D eigenvalue weighted by molar-refractivity contribution is 0.0946. The highest BCUT2D eigenvalue weighted by molar-refractivity contribution is 5.96. The predicted molar refractivity (Wildman–Crippen MR) is 115 cm³/mol. The van der Waals surface area contributed by atoms with Crippen LogP contribution in [-0.4, -0.2) is 15.3 Å². The standard InChI is InChI=1S/C24H21N3O3/c1-17-8-7-13-27-22(28)14-19(26-23(17)27)16-30-21-12-6-5-11-20(21)24(29)25-15-18-9-3-2-4-10-18/h2-14H,15-16H2,1H3,(H,25,29). The molecule has 6 heteroatoms. The first-order valence-electron chi connectivity index (χ1n) is 9.64. The number of fused-ring (bicyclic) bond motifs is 1. The van der Waals surface area contributed by atoms with Gasteiger partial charge in [0.25, 0.3) is 11.5 Å². The Labute approximate surface area is 173 Å². The third-order valence-electron chi connectivity index (χ3n) is 4.74. The van der Waals surface area contributed by atoms with Crippen molar-refractivity contribution in [2.45, 2.75) is 20.1 Å². The molecule has 0 saturated carbocycles. The molecule has 4 rings (SSSR count). The smallest absolute Gasteiger partial charge is 0.258 e. The summed E-state index contributed by atoms with van der Waals surface area (Å²) >= 11 is 0. The highest BCUT2D eigenvalue weighted by Gasteiger charge is 2.13. The van der Waals surface area contributed by atoms with Crippen LogP contribution < -0.4 is 15.6 Å². The van der Waals surface area contributed by atoms with Crippen LogP contribution in [0.1, 0.15) is 27.2 Å². The van der Waals surface area contributed by atoms with Gasteiger partial charge in [0.2, 0.25) is 0 Å². The van der Waals surface area contributed by atoms with Gasteiger partial charge in [-0.1, -0.05) is 48.5 Å². The lowest BCUT2D eigenvalue weighted by Gasteiger charge is -2.12. The molecule has 0 aliphatic carbocycles. The van der Waals surface area contributed by atoms with Gasteiger partial charge in [0, 0.05) is 18.8 Å². The van der Waals surface area contributed by atoms with Gasteiger partial charge in [-0.2, -0.15) is 0 Å². The number of nitrogens with zero attached hydrogens (tertiary/aromatic N) is 2. The van der Waals surface area contributed by atoms with E-state index in [1.54, 1.807) is 30.5 Å². The molecule has 0 fully saturated rings. The summed E-state index contributed by atoms with van der Waals surface area (Å²) in [6.07, 6.45) is 1.69. The number of carbonyl (C=O) groups is 1. The van der Waals surface area contributed by atoms with Crippen LogP contribution in [0.4, 0.5) is 0 Å². The molecule has 0 radical (unpaired) electrons. The molecule has 2 aromatic carbocycles. The van der Waals surface area contributed by atoms with Crippen LogP contribution in [0.5, 0.6) is 5.75 Å². The second-order valence-corrected chi connectivity index (χ2v) is 6.92. The van der Waals surface area contributed by atoms with Crippen molar-refractivity contribution in [3.63, 3.8) is 0 Å². The van der Waals surface area contributed by atoms with Crippen molar-refractivity contribution in [1.29, 1.82) is 0 Å². The first-order chi connectivity index (χ1) is 14.6. The molecule has 2 aromatic heterocycles. The average Bonchev–Trinajstić information content (AvgIpc) is 2.78. The molecular weight excluding hydrogens is 378 g/mol. The Morgan fingerprint density at radius 1 is 1.03 bits per heavy atom. The van der Waals surface area contributed by atoms with E-state index in [-0.39, 0.29) is 18.1 Å². The SMILES string of the molecule is Cc1cccn2c(=O)cc(COc3ccccc3C(=O)NCc3ccccc3)nc12. The lowest BCUT2D eigenvalue weighted by atomic mass is 10.1. The number of carbonyl (C=O) groups excluding carboxylic acids is 1. The Bertz CT molecular complexity index is 1250. The molecule has 1 amide bonds. The molecule has 0 bridgehead atoms. The van der Waals surface area contributed by atoms with E-state index < -0.39 is 0 Å². The van der Waals surface area contributed by atoms with Crippen molar-refractivity contribution in [3.05, 3.63) is 112 Å². The third kappa shape index (κ3) is 4.22. The van der Waals surface area contributed by atoms with Gasteiger partial charge in [0.15, 0.2) is 0 Å². The van der Waals surface area contributed by atoms with Gasteiger partial charge >= 0.3 is 0 Å². The van der Waals surface area contributed by atoms with Gasteiger partial charge in [-0.25, -0.2) is 4.98 Å². The fourth-order valence-electron chi connectivity index (χ4n) is 3.19. The Balaban J connectivity index is 1.51. The minimum Gasteiger partial charge on any atom is -0.486 e. The summed E-state index contributed by atoms with van der Waals surface area (Å²) in [4.78, 5) is 29.6. The molecule has 0 atom stereocenters. The van der Waals surface area contributed by atoms with Gasteiger partial charge < -0.3 is 10.1 Å². The third-order valence-corrected chi connectivity index (χ3v) is 4.74. The fraction of sp³-hybridized carbons (Fsp3) is 0.125. The van der Waals surface area contributed by atoms with Crippen LogP contribution in [0, 0.1) is 6.92 Å². The van der Waals surface area contributed by atoms with Gasteiger partial charge in [0.05, 0.1) is 11.3 Å². The van der Waals surface area contributed by atoms with Crippen LogP contribution in [-0.2, 0) is 13.2 Å². The molecule has 0 unspecified atom stereocenters. The summed E-state index contributed by atoms with van der Waals surface area (Å²) in [7, 11) is 0. The van der Waals surface area contributed by atoms with Crippen LogP contribution in [0.25, 0.3) is 5.65 Å². The molecular formula is C24H21N3O3. The molecule has 6 nitrogen and oxygen atoms in total. The maximum Gasteiger partial charge on any atom is 0.258 e. The Hall–Kier alpha value is -3.93. The topological polar surface area (TPSA) is 72.7 Å². The number of hydrogen-bond acceptors (Lipinski definition) is 4. The number of aryl methyl sites for hydroxylation is 1. The van der Waals surface area contributed by atoms with E-state index in [1.807, 2.05) is 49.4 Å². The van der Waals surface area contributed by atoms with E-state index in [9.17, 15) is 9.59 Å². The van der Waals surface area contributed by atoms with E-state index in [1.165, 1.54) is 10.5 Å². The molecule has 150 valence electrons. The Kier molecular flexibility index (Phi) is 5.57. The van der Waals surface area contributed by atoms with Crippen molar-refractivity contribution >= 4 is 11.6 Å². The number of nitrogens with one attached hydrogen (secondary N) is 1. The molecule has 1 N–H and O–H groups in total. The summed E-state index contributed by atoms with van der Waals surface area (Å²) in [6, 6.07) is 21.9. The van der Waals surface area contributed by atoms with Crippen LogP contribution in [0.15, 0.2) is 83.8 Å². The zero-order chi connectivity index (χ0) is 20.9. The van der Waals surface area contributed by atoms with Crippen molar-refractivity contribution in [2.24, 2.45) is 0 Å². The number of hydrogen-bond donors (Lipinski definition) is 1. The quantitative estimate of drug-likeness (QED) is 0.539. The van der Waals surface area contributed by atoms with E-state index >= 15 is 0 Å². The van der Waals surface area contributed by atoms with Crippen molar-refractivity contribution in [3.8, 4) is 5.75 Å². The highest BCUT2D eigenvalue weighted by atomic mass is 16.5. The number of benzene rings is 2. The molecule has 4 aromatic rings. The van der Waals surface area contributed by atoms with Gasteiger partial charge in [-0.15, -0.1) is 0 Å². The fourth-order valence-corrected chi connectivity index (χ4v) is 3.19. The molecule has 0 spiro atoms. The predicted octanol–water partition coefficient (Wildman–Crippen LogP) is 3.51. The molecule has 30 heavy (non-hydrogen) atoms. The molecule has 0 saturated heterocycles. The maximum atomic E-state index is 12.7. The van der Waals surface area contributed by atoms with Crippen molar-refractivity contribution in [1.82, 2.24) is 14.7 Å². The van der Waals surface area contributed by atoms with E-state index in [4.69, 9.17) is 4.74 Å². The first-order valence-corrected chi connectivity index (χ1v) is 9.64. The number of rotatable bonds is 6. The monoisotopic (exact) mass is 399 g/mol. The minimum absolute atomic E-state index is 0.0864. The van der Waals surface area contributed by atoms with Crippen molar-refractivity contribution in [2.75, 3.05) is 0 Å². The maximum absolute atomic E-state index is 12.7. The Morgan fingerprint density at radius 2 is 1.80 bits per heavy atom. The molecule has 2 heterocycles. The van der Waals surface area contributed by atoms with Crippen LogP contribution in [0.3, 0.4) is 0 Å². The highest BCUT2D eigenvalue weighted by Crippen LogP contribution is 2.19. The molecule has 0 aliphatic rings. The van der Waals surface area contributed by atoms with Crippen LogP contribution in [0.2, 0.25) is 0 Å². The summed E-state index contributed by atoms with van der Waals surface area (Å²) in [5.41, 5.74) is 3.28. The Morgan fingerprint density at radius 3 is 2.63 bits per heavy atom. The van der Waals surface area contributed by atoms with Gasteiger partial charge in [0.1, 0.15) is 18.0 Å². The van der Waals surface area contributed by atoms with Crippen LogP contribution >= 0.6 is 0 Å². The summed E-state index contributed by atoms with van der Waals surface area (Å²) in [5.74, 6) is 0.215. The van der Waals surface area contributed by atoms with E-state index in [0.717, 1.165) is 11.1 Å². The normalized spacial score (nSPS) is 10.7. The van der Waals surface area contributed by atoms with E-state index in [2.05, 4.69) is 10.3 Å². The number of pyridine rings is 1. The lowest BCUT2D eigenvalue weighted by Crippen LogP contribution is -2.23. The number of ether oxygens (including phenoxy) is 1. The average molecular weight is 399 g/mol. The van der Waals surface area contributed by atoms with E-state index in [0.29, 0.717) is 29.2 Å². The minimum atomic E-state index is -0.225. The van der Waals surface area contributed by atoms with Gasteiger partial charge in [-0.3, -0.25) is 14.0 Å². The zero-order valence-corrected chi connectivity index (χ0v) is 16.5. The second-order valence-electron chi connectivity index (χ2n) is 6.92. The molecule has 0 aliphatic heterocycles.